The number of benzene rings is 14. The van der Waals surface area contributed by atoms with Crippen LogP contribution in [0, 0.1) is 0 Å². The second kappa shape index (κ2) is 22.5. The highest BCUT2D eigenvalue weighted by molar-refractivity contribution is 7.34. The van der Waals surface area contributed by atoms with E-state index in [1.165, 1.54) is 110 Å². The fourth-order valence-electron chi connectivity index (χ4n) is 15.6. The normalized spacial score (nSPS) is 12.1. The summed E-state index contributed by atoms with van der Waals surface area (Å²) in [5.74, 6) is 3.83. The molecule has 8 nitrogen and oxygen atoms in total. The third-order valence-electron chi connectivity index (χ3n) is 20.3. The van der Waals surface area contributed by atoms with Gasteiger partial charge in [-0.3, -0.25) is 0 Å². The van der Waals surface area contributed by atoms with Gasteiger partial charge in [0.1, 0.15) is 0 Å². The van der Waals surface area contributed by atoms with Crippen molar-refractivity contribution >= 4 is 170 Å². The molecule has 0 atom stereocenters. The zero-order valence-corrected chi connectivity index (χ0v) is 57.3. The van der Waals surface area contributed by atoms with Crippen molar-refractivity contribution in [3.63, 3.8) is 0 Å². The Morgan fingerprint density at radius 3 is 1.10 bits per heavy atom. The van der Waals surface area contributed by atoms with Crippen LogP contribution in [-0.2, 0) is 0 Å². The van der Waals surface area contributed by atoms with E-state index < -0.39 is 0 Å². The molecule has 0 radical (unpaired) electrons. The summed E-state index contributed by atoms with van der Waals surface area (Å²) in [7, 11) is 0. The van der Waals surface area contributed by atoms with E-state index in [-0.39, 0.29) is 0 Å². The maximum Gasteiger partial charge on any atom is 0.165 e. The number of hydrogen-bond donors (Lipinski definition) is 0. The van der Waals surface area contributed by atoms with Gasteiger partial charge in [-0.2, -0.15) is 0 Å². The third kappa shape index (κ3) is 8.77. The highest BCUT2D eigenvalue weighted by Crippen LogP contribution is 2.51. The van der Waals surface area contributed by atoms with Crippen LogP contribution >= 0.6 is 45.3 Å². The molecule has 0 amide bonds. The zero-order valence-electron chi connectivity index (χ0n) is 54.1. The smallest absolute Gasteiger partial charge is 0.165 e. The van der Waals surface area contributed by atoms with Crippen molar-refractivity contribution in [1.82, 2.24) is 39.0 Å². The van der Waals surface area contributed by atoms with Crippen LogP contribution in [0.1, 0.15) is 0 Å². The van der Waals surface area contributed by atoms with Crippen LogP contribution in [0.4, 0.5) is 0 Å². The van der Waals surface area contributed by atoms with Gasteiger partial charge in [-0.15, -0.1) is 45.3 Å². The van der Waals surface area contributed by atoms with Crippen molar-refractivity contribution < 1.29 is 0 Å². The number of nitrogens with zero attached hydrogens (tertiary/aromatic N) is 8. The first kappa shape index (κ1) is 57.5. The number of aromatic nitrogens is 8. The molecule has 0 bridgehead atoms. The summed E-state index contributed by atoms with van der Waals surface area (Å²) >= 11 is 7.42. The van der Waals surface area contributed by atoms with Gasteiger partial charge in [0, 0.05) is 117 Å². The summed E-state index contributed by atoms with van der Waals surface area (Å²) < 4.78 is 14.8. The molecule has 0 aliphatic carbocycles. The first-order valence-corrected chi connectivity index (χ1v) is 37.2. The van der Waals surface area contributed by atoms with E-state index in [4.69, 9.17) is 29.9 Å². The molecule has 22 aromatic rings. The summed E-state index contributed by atoms with van der Waals surface area (Å²) in [6.45, 7) is 0. The van der Waals surface area contributed by atoms with Crippen LogP contribution in [-0.4, -0.2) is 39.0 Å². The maximum absolute atomic E-state index is 5.45. The summed E-state index contributed by atoms with van der Waals surface area (Å²) in [5, 5.41) is 14.8. The Bertz CT molecular complexity index is 7150. The summed E-state index contributed by atoms with van der Waals surface area (Å²) in [5.41, 5.74) is 14.9. The molecule has 474 valence electrons. The SMILES string of the molecule is c1ccc(-c2nc(-c3cccc(-c4ccc5c(c4)c4ccccc4n5-c4cccc5c4sc4c5ccc5sc6c(-c7nc(-c8ccccc8)nc(-c8ccccc8)n7)cccc6c54)c3)nc(-c3cccc4c3sc3c4ccc4c5cccc(-n6c7ccccc7c7ccccc76)c5sc43)n2)cc1. The van der Waals surface area contributed by atoms with E-state index in [0.29, 0.717) is 34.9 Å². The van der Waals surface area contributed by atoms with Gasteiger partial charge in [0.25, 0.3) is 0 Å². The molecule has 12 heteroatoms. The number of thiophene rings is 4. The van der Waals surface area contributed by atoms with Crippen molar-refractivity contribution in [2.75, 3.05) is 0 Å². The second-order valence-electron chi connectivity index (χ2n) is 26.0. The summed E-state index contributed by atoms with van der Waals surface area (Å²) in [6, 6.07) is 109. The minimum atomic E-state index is 0.614. The predicted molar refractivity (Wildman–Crippen MR) is 431 cm³/mol. The van der Waals surface area contributed by atoms with Gasteiger partial charge in [0.2, 0.25) is 0 Å². The largest absolute Gasteiger partial charge is 0.308 e. The average Bonchev–Trinajstić information content (AvgIpc) is 1.57. The van der Waals surface area contributed by atoms with Crippen LogP contribution < -0.4 is 0 Å². The van der Waals surface area contributed by atoms with Gasteiger partial charge in [-0.05, 0) is 77.9 Å². The van der Waals surface area contributed by atoms with Crippen LogP contribution in [0.25, 0.3) is 215 Å². The van der Waals surface area contributed by atoms with Crippen LogP contribution in [0.3, 0.4) is 0 Å². The Morgan fingerprint density at radius 1 is 0.196 bits per heavy atom. The average molecular weight is 1370 g/mol. The van der Waals surface area contributed by atoms with Crippen molar-refractivity contribution in [3.05, 3.63) is 303 Å². The van der Waals surface area contributed by atoms with E-state index in [2.05, 4.69) is 258 Å². The van der Waals surface area contributed by atoms with E-state index in [1.54, 1.807) is 0 Å². The number of para-hydroxylation sites is 3. The second-order valence-corrected chi connectivity index (χ2v) is 30.1. The Balaban J connectivity index is 0.648. The molecule has 14 aromatic carbocycles. The van der Waals surface area contributed by atoms with Crippen molar-refractivity contribution in [3.8, 4) is 90.8 Å². The van der Waals surface area contributed by atoms with E-state index in [0.717, 1.165) is 70.6 Å². The standard InChI is InChI=1S/C90H50N8S4/c1-4-21-51(22-5-1)85-91-86(52-23-6-2-7-24-52)94-90(93-85)68-37-18-35-66-77-76(99-79(66)68)48-46-63-61-33-19-41-74(80(61)101-82(63)77)98-72-40-15-12-31-59(72)69-50-55(43-47-73(69)98)54-27-16-28-56(49-54)88-92-87(53-25-8-3-9-26-53)95-89(96-88)67-36-17-32-60-64-44-45-65-62-34-20-42-75(81(62)102-84(65)83(64)100-78(60)67)97-70-38-13-10-29-57(70)58-30-11-14-39-71(58)97/h1-50H. The van der Waals surface area contributed by atoms with E-state index in [1.807, 2.05) is 99.9 Å². The fourth-order valence-corrected chi connectivity index (χ4v) is 21.0. The first-order chi connectivity index (χ1) is 50.6. The monoisotopic (exact) mass is 1370 g/mol. The molecule has 8 heterocycles. The lowest BCUT2D eigenvalue weighted by Crippen LogP contribution is -2.00. The topological polar surface area (TPSA) is 87.2 Å². The lowest BCUT2D eigenvalue weighted by atomic mass is 10.0. The number of rotatable bonds is 9. The van der Waals surface area contributed by atoms with Gasteiger partial charge in [-0.1, -0.05) is 237 Å². The van der Waals surface area contributed by atoms with Crippen molar-refractivity contribution in [2.24, 2.45) is 0 Å². The fraction of sp³-hybridized carbons (Fsp3) is 0. The molecule has 0 saturated carbocycles. The minimum absolute atomic E-state index is 0.614. The molecule has 0 N–H and O–H groups in total. The molecule has 102 heavy (non-hydrogen) atoms. The maximum atomic E-state index is 5.45. The molecule has 0 saturated heterocycles. The Labute approximate surface area is 598 Å². The Kier molecular flexibility index (Phi) is 12.7. The van der Waals surface area contributed by atoms with Gasteiger partial charge < -0.3 is 9.13 Å². The quantitative estimate of drug-likeness (QED) is 0.143. The molecule has 0 spiro atoms. The first-order valence-electron chi connectivity index (χ1n) is 34.0. The van der Waals surface area contributed by atoms with Crippen LogP contribution in [0.2, 0.25) is 0 Å². The third-order valence-corrected chi connectivity index (χ3v) is 25.4. The molecule has 22 rings (SSSR count). The Morgan fingerprint density at radius 2 is 0.549 bits per heavy atom. The minimum Gasteiger partial charge on any atom is -0.308 e. The summed E-state index contributed by atoms with van der Waals surface area (Å²) in [4.78, 5) is 31.5. The molecule has 0 aliphatic rings. The molecular formula is C90H50N8S4. The van der Waals surface area contributed by atoms with Crippen molar-refractivity contribution in [1.29, 1.82) is 0 Å². The van der Waals surface area contributed by atoms with Gasteiger partial charge in [0.15, 0.2) is 34.9 Å². The van der Waals surface area contributed by atoms with Gasteiger partial charge in [-0.25, -0.2) is 29.9 Å². The number of fused-ring (bicyclic) bond motifs is 20. The van der Waals surface area contributed by atoms with Gasteiger partial charge in [0.05, 0.1) is 52.2 Å². The van der Waals surface area contributed by atoms with Crippen molar-refractivity contribution in [2.45, 2.75) is 0 Å². The van der Waals surface area contributed by atoms with E-state index in [9.17, 15) is 0 Å². The predicted octanol–water partition coefficient (Wildman–Crippen LogP) is 25.4. The molecule has 0 aliphatic heterocycles. The molecule has 0 unspecified atom stereocenters. The molecule has 0 fully saturated rings. The highest BCUT2D eigenvalue weighted by atomic mass is 32.1. The lowest BCUT2D eigenvalue weighted by molar-refractivity contribution is 1.08. The van der Waals surface area contributed by atoms with Crippen LogP contribution in [0.5, 0.6) is 0 Å². The molecule has 8 aromatic heterocycles. The Hall–Kier alpha value is -12.4. The van der Waals surface area contributed by atoms with Crippen LogP contribution in [0.15, 0.2) is 303 Å². The molecular weight excluding hydrogens is 1320 g/mol. The summed E-state index contributed by atoms with van der Waals surface area (Å²) in [6.07, 6.45) is 0. The number of hydrogen-bond acceptors (Lipinski definition) is 10. The van der Waals surface area contributed by atoms with Gasteiger partial charge >= 0.3 is 0 Å². The lowest BCUT2D eigenvalue weighted by Gasteiger charge is -2.11. The zero-order chi connectivity index (χ0) is 66.7. The highest BCUT2D eigenvalue weighted by Gasteiger charge is 2.25. The van der Waals surface area contributed by atoms with E-state index >= 15 is 0 Å².